The molecule has 0 atom stereocenters. The lowest BCUT2D eigenvalue weighted by molar-refractivity contribution is 0.0741. The van der Waals surface area contributed by atoms with Gasteiger partial charge in [0.25, 0.3) is 5.91 Å². The Morgan fingerprint density at radius 1 is 1.23 bits per heavy atom. The second kappa shape index (κ2) is 7.71. The summed E-state index contributed by atoms with van der Waals surface area (Å²) < 4.78 is 0. The maximum Gasteiger partial charge on any atom is 0.254 e. The number of nitrogens with zero attached hydrogens (tertiary/aromatic N) is 2. The summed E-state index contributed by atoms with van der Waals surface area (Å²) in [5.74, 6) is 0.0542. The summed E-state index contributed by atoms with van der Waals surface area (Å²) in [6, 6.07) is 9.72. The Labute approximate surface area is 132 Å². The molecule has 4 nitrogen and oxygen atoms in total. The SMILES string of the molecule is Cc1cccc(C(=O)N(CCCN)Cc2cccnc2)c1C. The Balaban J connectivity index is 2.24. The number of carbonyl (C=O) groups is 1. The minimum Gasteiger partial charge on any atom is -0.334 e. The number of rotatable bonds is 6. The van der Waals surface area contributed by atoms with Gasteiger partial charge in [0.05, 0.1) is 0 Å². The van der Waals surface area contributed by atoms with Crippen LogP contribution in [0.5, 0.6) is 0 Å². The van der Waals surface area contributed by atoms with Crippen molar-refractivity contribution in [3.63, 3.8) is 0 Å². The maximum atomic E-state index is 12.9. The minimum absolute atomic E-state index is 0.0542. The van der Waals surface area contributed by atoms with Crippen molar-refractivity contribution >= 4 is 5.91 Å². The largest absolute Gasteiger partial charge is 0.334 e. The van der Waals surface area contributed by atoms with Crippen molar-refractivity contribution < 1.29 is 4.79 Å². The molecule has 22 heavy (non-hydrogen) atoms. The summed E-state index contributed by atoms with van der Waals surface area (Å²) in [6.07, 6.45) is 4.32. The molecule has 1 aromatic heterocycles. The Morgan fingerprint density at radius 2 is 2.05 bits per heavy atom. The van der Waals surface area contributed by atoms with Gasteiger partial charge in [-0.05, 0) is 55.6 Å². The number of hydrogen-bond donors (Lipinski definition) is 1. The van der Waals surface area contributed by atoms with Gasteiger partial charge in [-0.1, -0.05) is 18.2 Å². The van der Waals surface area contributed by atoms with Crippen molar-refractivity contribution in [2.75, 3.05) is 13.1 Å². The number of aromatic nitrogens is 1. The van der Waals surface area contributed by atoms with Gasteiger partial charge in [0.15, 0.2) is 0 Å². The van der Waals surface area contributed by atoms with Gasteiger partial charge in [-0.25, -0.2) is 0 Å². The van der Waals surface area contributed by atoms with Crippen LogP contribution in [0.3, 0.4) is 0 Å². The molecule has 0 bridgehead atoms. The predicted octanol–water partition coefficient (Wildman–Crippen LogP) is 2.69. The van der Waals surface area contributed by atoms with Gasteiger partial charge in [-0.3, -0.25) is 9.78 Å². The molecular weight excluding hydrogens is 274 g/mol. The van der Waals surface area contributed by atoms with E-state index in [0.717, 1.165) is 28.7 Å². The Kier molecular flexibility index (Phi) is 5.67. The summed E-state index contributed by atoms with van der Waals surface area (Å²) in [4.78, 5) is 18.9. The number of hydrogen-bond acceptors (Lipinski definition) is 3. The second-order valence-corrected chi connectivity index (χ2v) is 5.48. The second-order valence-electron chi connectivity index (χ2n) is 5.48. The molecule has 2 N–H and O–H groups in total. The minimum atomic E-state index is 0.0542. The summed E-state index contributed by atoms with van der Waals surface area (Å²) in [7, 11) is 0. The average molecular weight is 297 g/mol. The van der Waals surface area contributed by atoms with E-state index in [4.69, 9.17) is 5.73 Å². The highest BCUT2D eigenvalue weighted by atomic mass is 16.2. The van der Waals surface area contributed by atoms with E-state index in [1.165, 1.54) is 0 Å². The molecular formula is C18H23N3O. The van der Waals surface area contributed by atoms with E-state index in [1.807, 2.05) is 49.1 Å². The number of carbonyl (C=O) groups excluding carboxylic acids is 1. The van der Waals surface area contributed by atoms with Crippen molar-refractivity contribution in [3.05, 3.63) is 65.0 Å². The molecule has 0 fully saturated rings. The third-order valence-corrected chi connectivity index (χ3v) is 3.85. The number of amides is 1. The Hall–Kier alpha value is -2.20. The Bertz CT molecular complexity index is 625. The molecule has 0 radical (unpaired) electrons. The monoisotopic (exact) mass is 297 g/mol. The van der Waals surface area contributed by atoms with Crippen LogP contribution in [0.15, 0.2) is 42.7 Å². The van der Waals surface area contributed by atoms with Gasteiger partial charge in [-0.15, -0.1) is 0 Å². The van der Waals surface area contributed by atoms with Crippen molar-refractivity contribution in [2.24, 2.45) is 5.73 Å². The van der Waals surface area contributed by atoms with Crippen LogP contribution in [0.2, 0.25) is 0 Å². The van der Waals surface area contributed by atoms with E-state index in [0.29, 0.717) is 19.6 Å². The summed E-state index contributed by atoms with van der Waals surface area (Å²) in [5, 5.41) is 0. The molecule has 1 aromatic carbocycles. The molecule has 0 saturated carbocycles. The fraction of sp³-hybridized carbons (Fsp3) is 0.333. The van der Waals surface area contributed by atoms with Crippen molar-refractivity contribution in [1.29, 1.82) is 0 Å². The van der Waals surface area contributed by atoms with Crippen molar-refractivity contribution in [1.82, 2.24) is 9.88 Å². The predicted molar refractivity (Wildman–Crippen MR) is 88.6 cm³/mol. The van der Waals surface area contributed by atoms with Crippen molar-refractivity contribution in [2.45, 2.75) is 26.8 Å². The molecule has 4 heteroatoms. The number of pyridine rings is 1. The first-order valence-corrected chi connectivity index (χ1v) is 7.58. The van der Waals surface area contributed by atoms with E-state index >= 15 is 0 Å². The van der Waals surface area contributed by atoms with E-state index in [9.17, 15) is 4.79 Å². The lowest BCUT2D eigenvalue weighted by Crippen LogP contribution is -2.33. The third-order valence-electron chi connectivity index (χ3n) is 3.85. The van der Waals surface area contributed by atoms with Gasteiger partial charge in [-0.2, -0.15) is 0 Å². The summed E-state index contributed by atoms with van der Waals surface area (Å²) in [6.45, 7) is 5.80. The highest BCUT2D eigenvalue weighted by Crippen LogP contribution is 2.16. The van der Waals surface area contributed by atoms with Crippen LogP contribution in [0, 0.1) is 13.8 Å². The summed E-state index contributed by atoms with van der Waals surface area (Å²) >= 11 is 0. The smallest absolute Gasteiger partial charge is 0.254 e. The zero-order valence-corrected chi connectivity index (χ0v) is 13.2. The van der Waals surface area contributed by atoms with Crippen LogP contribution in [0.1, 0.15) is 33.5 Å². The van der Waals surface area contributed by atoms with Crippen LogP contribution in [0.4, 0.5) is 0 Å². The first-order chi connectivity index (χ1) is 10.6. The molecule has 116 valence electrons. The number of benzene rings is 1. The van der Waals surface area contributed by atoms with E-state index in [1.54, 1.807) is 12.4 Å². The van der Waals surface area contributed by atoms with Crippen LogP contribution in [-0.2, 0) is 6.54 Å². The van der Waals surface area contributed by atoms with Crippen molar-refractivity contribution in [3.8, 4) is 0 Å². The first-order valence-electron chi connectivity index (χ1n) is 7.58. The molecule has 2 rings (SSSR count). The van der Waals surface area contributed by atoms with Crippen LogP contribution in [0.25, 0.3) is 0 Å². The van der Waals surface area contributed by atoms with E-state index in [2.05, 4.69) is 4.98 Å². The first kappa shape index (κ1) is 16.2. The lowest BCUT2D eigenvalue weighted by atomic mass is 10.0. The average Bonchev–Trinajstić information content (AvgIpc) is 2.54. The molecule has 0 aliphatic carbocycles. The summed E-state index contributed by atoms with van der Waals surface area (Å²) in [5.41, 5.74) is 9.57. The van der Waals surface area contributed by atoms with Gasteiger partial charge in [0, 0.05) is 31.0 Å². The molecule has 0 spiro atoms. The molecule has 1 heterocycles. The maximum absolute atomic E-state index is 12.9. The molecule has 0 aliphatic heterocycles. The zero-order chi connectivity index (χ0) is 15.9. The van der Waals surface area contributed by atoms with Gasteiger partial charge in [0.2, 0.25) is 0 Å². The van der Waals surface area contributed by atoms with Crippen LogP contribution in [-0.4, -0.2) is 28.9 Å². The van der Waals surface area contributed by atoms with Crippen LogP contribution >= 0.6 is 0 Å². The quantitative estimate of drug-likeness (QED) is 0.892. The highest BCUT2D eigenvalue weighted by molar-refractivity contribution is 5.95. The van der Waals surface area contributed by atoms with Crippen LogP contribution < -0.4 is 5.73 Å². The molecule has 0 saturated heterocycles. The van der Waals surface area contributed by atoms with Gasteiger partial charge < -0.3 is 10.6 Å². The lowest BCUT2D eigenvalue weighted by Gasteiger charge is -2.24. The zero-order valence-electron chi connectivity index (χ0n) is 13.2. The number of nitrogens with two attached hydrogens (primary N) is 1. The molecule has 0 unspecified atom stereocenters. The van der Waals surface area contributed by atoms with E-state index in [-0.39, 0.29) is 5.91 Å². The Morgan fingerprint density at radius 3 is 2.73 bits per heavy atom. The topological polar surface area (TPSA) is 59.2 Å². The molecule has 2 aromatic rings. The van der Waals surface area contributed by atoms with Gasteiger partial charge >= 0.3 is 0 Å². The highest BCUT2D eigenvalue weighted by Gasteiger charge is 2.18. The van der Waals surface area contributed by atoms with E-state index < -0.39 is 0 Å². The third kappa shape index (κ3) is 3.92. The van der Waals surface area contributed by atoms with Gasteiger partial charge in [0.1, 0.15) is 0 Å². The molecule has 1 amide bonds. The fourth-order valence-electron chi connectivity index (χ4n) is 2.40. The standard InChI is InChI=1S/C18H23N3O/c1-14-6-3-8-17(15(14)2)18(22)21(11-5-9-19)13-16-7-4-10-20-12-16/h3-4,6-8,10,12H,5,9,11,13,19H2,1-2H3. The number of aryl methyl sites for hydroxylation is 1. The fourth-order valence-corrected chi connectivity index (χ4v) is 2.40. The molecule has 0 aliphatic rings. The normalized spacial score (nSPS) is 10.5.